The van der Waals surface area contributed by atoms with Crippen LogP contribution in [0.3, 0.4) is 0 Å². The number of amides is 1. The van der Waals surface area contributed by atoms with Crippen LogP contribution < -0.4 is 0 Å². The predicted octanol–water partition coefficient (Wildman–Crippen LogP) is 3.54. The molecule has 0 saturated carbocycles. The van der Waals surface area contributed by atoms with E-state index in [-0.39, 0.29) is 24.5 Å². The summed E-state index contributed by atoms with van der Waals surface area (Å²) in [5.74, 6) is -1.43. The van der Waals surface area contributed by atoms with Crippen molar-refractivity contribution in [2.75, 3.05) is 26.2 Å². The van der Waals surface area contributed by atoms with Gasteiger partial charge >= 0.3 is 6.18 Å². The van der Waals surface area contributed by atoms with Gasteiger partial charge in [-0.2, -0.15) is 17.5 Å². The summed E-state index contributed by atoms with van der Waals surface area (Å²) in [6.07, 6.45) is -3.32. The number of carbonyl (C=O) groups excluding carboxylic acids is 1. The first-order valence-electron chi connectivity index (χ1n) is 8.66. The highest BCUT2D eigenvalue weighted by Gasteiger charge is 2.38. The normalized spacial score (nSPS) is 19.1. The fourth-order valence-corrected chi connectivity index (χ4v) is 4.78. The van der Waals surface area contributed by atoms with Gasteiger partial charge in [0.1, 0.15) is 6.54 Å². The Balaban J connectivity index is 2.16. The second kappa shape index (κ2) is 8.79. The fourth-order valence-electron chi connectivity index (χ4n) is 3.13. The molecule has 2 rings (SSSR count). The zero-order valence-electron chi connectivity index (χ0n) is 14.9. The number of benzene rings is 1. The lowest BCUT2D eigenvalue weighted by atomic mass is 9.98. The molecule has 0 bridgehead atoms. The van der Waals surface area contributed by atoms with Crippen molar-refractivity contribution in [1.29, 1.82) is 0 Å². The summed E-state index contributed by atoms with van der Waals surface area (Å²) in [5.41, 5.74) is 0. The van der Waals surface area contributed by atoms with E-state index in [0.717, 1.165) is 4.90 Å². The Hall–Kier alpha value is -1.32. The first-order valence-corrected chi connectivity index (χ1v) is 10.5. The molecule has 1 aromatic rings. The first kappa shape index (κ1) is 22.0. The molecule has 0 aromatic heterocycles. The van der Waals surface area contributed by atoms with Crippen molar-refractivity contribution >= 4 is 27.5 Å². The van der Waals surface area contributed by atoms with E-state index < -0.39 is 34.6 Å². The molecule has 0 spiro atoms. The maximum Gasteiger partial charge on any atom is 0.406 e. The highest BCUT2D eigenvalue weighted by Crippen LogP contribution is 2.27. The number of alkyl halides is 3. The topological polar surface area (TPSA) is 57.7 Å². The zero-order valence-corrected chi connectivity index (χ0v) is 16.4. The van der Waals surface area contributed by atoms with Crippen molar-refractivity contribution < 1.29 is 26.4 Å². The lowest BCUT2D eigenvalue weighted by Gasteiger charge is -2.34. The summed E-state index contributed by atoms with van der Waals surface area (Å²) in [4.78, 5) is 13.4. The van der Waals surface area contributed by atoms with Crippen molar-refractivity contribution in [1.82, 2.24) is 9.21 Å². The number of nitrogens with zero attached hydrogens (tertiary/aromatic N) is 2. The molecule has 1 heterocycles. The minimum Gasteiger partial charge on any atom is -0.333 e. The number of halogens is 4. The van der Waals surface area contributed by atoms with Gasteiger partial charge in [0.2, 0.25) is 15.9 Å². The van der Waals surface area contributed by atoms with E-state index in [0.29, 0.717) is 24.3 Å². The van der Waals surface area contributed by atoms with Gasteiger partial charge < -0.3 is 4.90 Å². The van der Waals surface area contributed by atoms with Crippen LogP contribution >= 0.6 is 11.6 Å². The smallest absolute Gasteiger partial charge is 0.333 e. The maximum atomic E-state index is 12.8. The molecule has 0 aliphatic carbocycles. The Bertz CT molecular complexity index is 754. The van der Waals surface area contributed by atoms with Crippen molar-refractivity contribution in [3.63, 3.8) is 0 Å². The molecule has 1 amide bonds. The van der Waals surface area contributed by atoms with Crippen LogP contribution in [0, 0.1) is 5.92 Å². The average Bonchev–Trinajstić information content (AvgIpc) is 2.60. The number of rotatable bonds is 6. The third-order valence-corrected chi connectivity index (χ3v) is 6.49. The Morgan fingerprint density at radius 2 is 1.93 bits per heavy atom. The van der Waals surface area contributed by atoms with Gasteiger partial charge in [0, 0.05) is 24.7 Å². The van der Waals surface area contributed by atoms with E-state index in [2.05, 4.69) is 0 Å². The summed E-state index contributed by atoms with van der Waals surface area (Å²) in [7, 11) is -3.84. The van der Waals surface area contributed by atoms with Crippen LogP contribution in [0.2, 0.25) is 5.02 Å². The van der Waals surface area contributed by atoms with Gasteiger partial charge in [-0.1, -0.05) is 18.5 Å². The lowest BCUT2D eigenvalue weighted by Crippen LogP contribution is -2.48. The molecule has 0 radical (unpaired) electrons. The van der Waals surface area contributed by atoms with Gasteiger partial charge in [0.15, 0.2) is 0 Å². The summed E-state index contributed by atoms with van der Waals surface area (Å²) in [6.45, 7) is 0.456. The van der Waals surface area contributed by atoms with Gasteiger partial charge in [-0.15, -0.1) is 0 Å². The van der Waals surface area contributed by atoms with Crippen molar-refractivity contribution in [2.45, 2.75) is 37.3 Å². The molecule has 1 fully saturated rings. The molecule has 0 N–H and O–H groups in total. The van der Waals surface area contributed by atoms with E-state index >= 15 is 0 Å². The SMILES string of the molecule is CCCN(CC(F)(F)F)C(=O)C1CCCN(S(=O)(=O)c2ccc(Cl)cc2)C1. The predicted molar refractivity (Wildman–Crippen MR) is 95.9 cm³/mol. The van der Waals surface area contributed by atoms with Gasteiger partial charge in [0.25, 0.3) is 0 Å². The van der Waals surface area contributed by atoms with E-state index in [1.54, 1.807) is 6.92 Å². The molecule has 1 saturated heterocycles. The fraction of sp³-hybridized carbons (Fsp3) is 0.588. The van der Waals surface area contributed by atoms with E-state index in [9.17, 15) is 26.4 Å². The molecule has 1 aliphatic rings. The van der Waals surface area contributed by atoms with Gasteiger partial charge in [0.05, 0.1) is 10.8 Å². The van der Waals surface area contributed by atoms with Crippen LogP contribution in [0.15, 0.2) is 29.2 Å². The summed E-state index contributed by atoms with van der Waals surface area (Å²) < 4.78 is 65.0. The van der Waals surface area contributed by atoms with Crippen LogP contribution in [0.4, 0.5) is 13.2 Å². The number of sulfonamides is 1. The molecule has 152 valence electrons. The monoisotopic (exact) mass is 426 g/mol. The van der Waals surface area contributed by atoms with Crippen LogP contribution in [-0.4, -0.2) is 55.9 Å². The largest absolute Gasteiger partial charge is 0.406 e. The molecule has 1 unspecified atom stereocenters. The Kier molecular flexibility index (Phi) is 7.15. The molecular weight excluding hydrogens is 405 g/mol. The van der Waals surface area contributed by atoms with E-state index in [1.807, 2.05) is 0 Å². The minimum absolute atomic E-state index is 0.0151. The van der Waals surface area contributed by atoms with Gasteiger partial charge in [-0.05, 0) is 43.5 Å². The number of piperidine rings is 1. The second-order valence-corrected chi connectivity index (χ2v) is 8.91. The van der Waals surface area contributed by atoms with Crippen LogP contribution in [0.25, 0.3) is 0 Å². The average molecular weight is 427 g/mol. The number of hydrogen-bond acceptors (Lipinski definition) is 3. The van der Waals surface area contributed by atoms with Crippen molar-refractivity contribution in [3.8, 4) is 0 Å². The van der Waals surface area contributed by atoms with Gasteiger partial charge in [-0.25, -0.2) is 8.42 Å². The third kappa shape index (κ3) is 5.83. The number of hydrogen-bond donors (Lipinski definition) is 0. The summed E-state index contributed by atoms with van der Waals surface area (Å²) in [5, 5.41) is 0.392. The minimum atomic E-state index is -4.49. The highest BCUT2D eigenvalue weighted by atomic mass is 35.5. The third-order valence-electron chi connectivity index (χ3n) is 4.36. The molecule has 27 heavy (non-hydrogen) atoms. The van der Waals surface area contributed by atoms with E-state index in [1.165, 1.54) is 28.6 Å². The zero-order chi connectivity index (χ0) is 20.2. The van der Waals surface area contributed by atoms with E-state index in [4.69, 9.17) is 11.6 Å². The van der Waals surface area contributed by atoms with Gasteiger partial charge in [-0.3, -0.25) is 4.79 Å². The molecular formula is C17H22ClF3N2O3S. The van der Waals surface area contributed by atoms with Crippen LogP contribution in [0.5, 0.6) is 0 Å². The number of carbonyl (C=O) groups is 1. The molecule has 1 aliphatic heterocycles. The standard InChI is InChI=1S/C17H22ClF3N2O3S/c1-2-9-22(12-17(19,20)21)16(24)13-4-3-10-23(11-13)27(25,26)15-7-5-14(18)6-8-15/h5-8,13H,2-4,9-12H2,1H3. The molecule has 1 aromatic carbocycles. The molecule has 1 atom stereocenters. The Labute approximate surface area is 162 Å². The van der Waals surface area contributed by atoms with Crippen LogP contribution in [0.1, 0.15) is 26.2 Å². The summed E-state index contributed by atoms with van der Waals surface area (Å²) >= 11 is 5.78. The van der Waals surface area contributed by atoms with Crippen molar-refractivity contribution in [2.24, 2.45) is 5.92 Å². The van der Waals surface area contributed by atoms with Crippen LogP contribution in [-0.2, 0) is 14.8 Å². The molecule has 10 heteroatoms. The maximum absolute atomic E-state index is 12.8. The van der Waals surface area contributed by atoms with Crippen molar-refractivity contribution in [3.05, 3.63) is 29.3 Å². The summed E-state index contributed by atoms with van der Waals surface area (Å²) in [6, 6.07) is 5.65. The molecule has 5 nitrogen and oxygen atoms in total. The second-order valence-electron chi connectivity index (χ2n) is 6.53. The highest BCUT2D eigenvalue weighted by molar-refractivity contribution is 7.89. The lowest BCUT2D eigenvalue weighted by molar-refractivity contribution is -0.164. The quantitative estimate of drug-likeness (QED) is 0.699. The first-order chi connectivity index (χ1) is 12.5. The Morgan fingerprint density at radius 1 is 1.30 bits per heavy atom. The Morgan fingerprint density at radius 3 is 2.48 bits per heavy atom.